The standard InChI is InChI=1S/C14H11N3O3S3/c1-23(19,20)11-5-3-2-4-10(11)12(18)15-14-17-16-13(22-14)9-6-7-21-8-9/h2-8H,1H3,(H,15,17,18). The number of benzene rings is 1. The van der Waals surface area contributed by atoms with E-state index in [4.69, 9.17) is 0 Å². The number of carbonyl (C=O) groups excluding carboxylic acids is 1. The average Bonchev–Trinajstić information content (AvgIpc) is 3.17. The number of anilines is 1. The van der Waals surface area contributed by atoms with Gasteiger partial charge in [0.25, 0.3) is 5.91 Å². The van der Waals surface area contributed by atoms with Gasteiger partial charge in [0.05, 0.1) is 10.5 Å². The molecule has 2 aromatic heterocycles. The van der Waals surface area contributed by atoms with Crippen LogP contribution in [0, 0.1) is 0 Å². The van der Waals surface area contributed by atoms with Crippen molar-refractivity contribution < 1.29 is 13.2 Å². The molecule has 0 aliphatic carbocycles. The van der Waals surface area contributed by atoms with Crippen LogP contribution in [0.25, 0.3) is 10.6 Å². The lowest BCUT2D eigenvalue weighted by atomic mass is 10.2. The summed E-state index contributed by atoms with van der Waals surface area (Å²) in [6.45, 7) is 0. The van der Waals surface area contributed by atoms with E-state index in [9.17, 15) is 13.2 Å². The molecule has 118 valence electrons. The molecule has 3 aromatic rings. The van der Waals surface area contributed by atoms with Crippen molar-refractivity contribution in [1.29, 1.82) is 0 Å². The van der Waals surface area contributed by atoms with Crippen LogP contribution in [0.1, 0.15) is 10.4 Å². The van der Waals surface area contributed by atoms with Crippen LogP contribution in [0.3, 0.4) is 0 Å². The molecule has 0 spiro atoms. The van der Waals surface area contributed by atoms with Crippen molar-refractivity contribution in [3.63, 3.8) is 0 Å². The largest absolute Gasteiger partial charge is 0.296 e. The first kappa shape index (κ1) is 15.8. The summed E-state index contributed by atoms with van der Waals surface area (Å²) in [7, 11) is -3.49. The Labute approximate surface area is 140 Å². The quantitative estimate of drug-likeness (QED) is 0.768. The smallest absolute Gasteiger partial charge is 0.258 e. The Bertz CT molecular complexity index is 947. The molecule has 3 rings (SSSR count). The number of hydrogen-bond donors (Lipinski definition) is 1. The van der Waals surface area contributed by atoms with Gasteiger partial charge < -0.3 is 0 Å². The summed E-state index contributed by atoms with van der Waals surface area (Å²) in [5, 5.41) is 15.4. The molecule has 23 heavy (non-hydrogen) atoms. The predicted molar refractivity (Wildman–Crippen MR) is 90.7 cm³/mol. The monoisotopic (exact) mass is 365 g/mol. The van der Waals surface area contributed by atoms with Crippen molar-refractivity contribution in [2.75, 3.05) is 11.6 Å². The second kappa shape index (κ2) is 6.19. The van der Waals surface area contributed by atoms with Crippen molar-refractivity contribution in [3.05, 3.63) is 46.7 Å². The van der Waals surface area contributed by atoms with Crippen molar-refractivity contribution in [2.45, 2.75) is 4.90 Å². The molecule has 1 aromatic carbocycles. The predicted octanol–water partition coefficient (Wildman–Crippen LogP) is 2.92. The summed E-state index contributed by atoms with van der Waals surface area (Å²) in [5.41, 5.74) is 1.02. The Hall–Kier alpha value is -2.10. The van der Waals surface area contributed by atoms with Crippen molar-refractivity contribution in [1.82, 2.24) is 10.2 Å². The number of carbonyl (C=O) groups is 1. The third kappa shape index (κ3) is 3.46. The van der Waals surface area contributed by atoms with E-state index in [-0.39, 0.29) is 10.5 Å². The molecule has 6 nitrogen and oxygen atoms in total. The lowest BCUT2D eigenvalue weighted by molar-refractivity contribution is 0.102. The molecule has 1 N–H and O–H groups in total. The van der Waals surface area contributed by atoms with E-state index in [1.54, 1.807) is 23.5 Å². The number of nitrogens with one attached hydrogen (secondary N) is 1. The number of sulfone groups is 1. The number of nitrogens with zero attached hydrogens (tertiary/aromatic N) is 2. The first-order chi connectivity index (χ1) is 10.9. The lowest BCUT2D eigenvalue weighted by Gasteiger charge is -2.06. The summed E-state index contributed by atoms with van der Waals surface area (Å²) in [5.74, 6) is -0.529. The molecule has 2 heterocycles. The van der Waals surface area contributed by atoms with Gasteiger partial charge in [-0.05, 0) is 23.6 Å². The molecule has 0 radical (unpaired) electrons. The third-order valence-electron chi connectivity index (χ3n) is 2.94. The fourth-order valence-electron chi connectivity index (χ4n) is 1.92. The summed E-state index contributed by atoms with van der Waals surface area (Å²) in [6.07, 6.45) is 1.07. The average molecular weight is 365 g/mol. The van der Waals surface area contributed by atoms with Gasteiger partial charge in [-0.2, -0.15) is 11.3 Å². The van der Waals surface area contributed by atoms with E-state index < -0.39 is 15.7 Å². The van der Waals surface area contributed by atoms with Crippen LogP contribution in [-0.4, -0.2) is 30.8 Å². The first-order valence-corrected chi connectivity index (χ1v) is 10.1. The van der Waals surface area contributed by atoms with E-state index in [1.165, 1.54) is 23.5 Å². The molecule has 0 saturated carbocycles. The molecule has 1 amide bonds. The van der Waals surface area contributed by atoms with E-state index in [0.717, 1.165) is 11.8 Å². The molecule has 0 atom stereocenters. The minimum Gasteiger partial charge on any atom is -0.296 e. The molecule has 0 aliphatic heterocycles. The van der Waals surface area contributed by atoms with Crippen LogP contribution in [0.4, 0.5) is 5.13 Å². The molecule has 9 heteroatoms. The summed E-state index contributed by atoms with van der Waals surface area (Å²) < 4.78 is 23.5. The lowest BCUT2D eigenvalue weighted by Crippen LogP contribution is -2.15. The van der Waals surface area contributed by atoms with Crippen molar-refractivity contribution in [2.24, 2.45) is 0 Å². The molecular weight excluding hydrogens is 354 g/mol. The van der Waals surface area contributed by atoms with Gasteiger partial charge in [-0.3, -0.25) is 10.1 Å². The number of thiophene rings is 1. The molecule has 0 bridgehead atoms. The van der Waals surface area contributed by atoms with Gasteiger partial charge in [-0.25, -0.2) is 8.42 Å². The second-order valence-electron chi connectivity index (χ2n) is 4.65. The topological polar surface area (TPSA) is 89.0 Å². The van der Waals surface area contributed by atoms with Gasteiger partial charge in [-0.15, -0.1) is 10.2 Å². The summed E-state index contributed by atoms with van der Waals surface area (Å²) in [6, 6.07) is 7.97. The number of aromatic nitrogens is 2. The molecule has 0 unspecified atom stereocenters. The highest BCUT2D eigenvalue weighted by Gasteiger charge is 2.19. The van der Waals surface area contributed by atoms with Gasteiger partial charge in [0.15, 0.2) is 9.84 Å². The van der Waals surface area contributed by atoms with Crippen LogP contribution < -0.4 is 5.32 Å². The summed E-state index contributed by atoms with van der Waals surface area (Å²) >= 11 is 2.77. The van der Waals surface area contributed by atoms with Gasteiger partial charge in [-0.1, -0.05) is 23.5 Å². The number of rotatable bonds is 4. The Kier molecular flexibility index (Phi) is 4.24. The zero-order valence-corrected chi connectivity index (χ0v) is 14.3. The molecule has 0 aliphatic rings. The maximum absolute atomic E-state index is 12.3. The third-order valence-corrected chi connectivity index (χ3v) is 5.67. The highest BCUT2D eigenvalue weighted by Crippen LogP contribution is 2.28. The number of hydrogen-bond acceptors (Lipinski definition) is 7. The SMILES string of the molecule is CS(=O)(=O)c1ccccc1C(=O)Nc1nnc(-c2ccsc2)s1. The van der Waals surface area contributed by atoms with E-state index in [1.807, 2.05) is 16.8 Å². The van der Waals surface area contributed by atoms with Crippen LogP contribution in [0.2, 0.25) is 0 Å². The Morgan fingerprint density at radius 1 is 1.17 bits per heavy atom. The van der Waals surface area contributed by atoms with Gasteiger partial charge in [0, 0.05) is 17.2 Å². The van der Waals surface area contributed by atoms with E-state index in [2.05, 4.69) is 15.5 Å². The number of amides is 1. The van der Waals surface area contributed by atoms with Crippen LogP contribution >= 0.6 is 22.7 Å². The fourth-order valence-corrected chi connectivity index (χ4v) is 4.25. The highest BCUT2D eigenvalue weighted by molar-refractivity contribution is 7.90. The van der Waals surface area contributed by atoms with E-state index in [0.29, 0.717) is 10.1 Å². The Balaban J connectivity index is 1.86. The zero-order valence-electron chi connectivity index (χ0n) is 11.9. The zero-order chi connectivity index (χ0) is 16.4. The van der Waals surface area contributed by atoms with Gasteiger partial charge in [0.1, 0.15) is 5.01 Å². The van der Waals surface area contributed by atoms with Gasteiger partial charge >= 0.3 is 0 Å². The normalized spacial score (nSPS) is 11.3. The van der Waals surface area contributed by atoms with Crippen LogP contribution in [0.15, 0.2) is 46.0 Å². The Morgan fingerprint density at radius 3 is 2.65 bits per heavy atom. The van der Waals surface area contributed by atoms with Crippen molar-refractivity contribution in [3.8, 4) is 10.6 Å². The minimum atomic E-state index is -3.49. The molecular formula is C14H11N3O3S3. The Morgan fingerprint density at radius 2 is 1.96 bits per heavy atom. The highest BCUT2D eigenvalue weighted by atomic mass is 32.2. The maximum atomic E-state index is 12.3. The summed E-state index contributed by atoms with van der Waals surface area (Å²) in [4.78, 5) is 12.3. The molecule has 0 saturated heterocycles. The van der Waals surface area contributed by atoms with Crippen LogP contribution in [-0.2, 0) is 9.84 Å². The maximum Gasteiger partial charge on any atom is 0.258 e. The van der Waals surface area contributed by atoms with E-state index >= 15 is 0 Å². The molecule has 0 fully saturated rings. The minimum absolute atomic E-state index is 0.0138. The van der Waals surface area contributed by atoms with Crippen molar-refractivity contribution >= 4 is 43.5 Å². The second-order valence-corrected chi connectivity index (χ2v) is 8.39. The fraction of sp³-hybridized carbons (Fsp3) is 0.0714. The van der Waals surface area contributed by atoms with Gasteiger partial charge in [0.2, 0.25) is 5.13 Å². The first-order valence-electron chi connectivity index (χ1n) is 6.41. The van der Waals surface area contributed by atoms with Crippen LogP contribution in [0.5, 0.6) is 0 Å².